The first-order valence-corrected chi connectivity index (χ1v) is 3.87. The fraction of sp³-hybridized carbons (Fsp3) is 0.333. The molecule has 0 amide bonds. The van der Waals surface area contributed by atoms with Gasteiger partial charge in [0.2, 0.25) is 0 Å². The summed E-state index contributed by atoms with van der Waals surface area (Å²) in [5, 5.41) is 0.685. The summed E-state index contributed by atoms with van der Waals surface area (Å²) in [6, 6.07) is 8.69. The van der Waals surface area contributed by atoms with Crippen LogP contribution in [0.5, 0.6) is 0 Å². The minimum absolute atomic E-state index is 0.685. The molecule has 0 aliphatic carbocycles. The summed E-state index contributed by atoms with van der Waals surface area (Å²) in [5.74, 6) is 0. The van der Waals surface area contributed by atoms with Gasteiger partial charge in [-0.15, -0.1) is 0 Å². The van der Waals surface area contributed by atoms with Crippen molar-refractivity contribution in [1.29, 1.82) is 0 Å². The van der Waals surface area contributed by atoms with Crippen LogP contribution in [0.25, 0.3) is 0 Å². The van der Waals surface area contributed by atoms with Crippen LogP contribution in [-0.4, -0.2) is 19.0 Å². The largest absolute Gasteiger partial charge is 0.305 e. The highest BCUT2D eigenvalue weighted by molar-refractivity contribution is 6.30. The van der Waals surface area contributed by atoms with E-state index in [1.54, 1.807) is 0 Å². The lowest BCUT2D eigenvalue weighted by Gasteiger charge is -2.08. The Morgan fingerprint density at radius 1 is 1.55 bits per heavy atom. The lowest BCUT2D eigenvalue weighted by Crippen LogP contribution is -2.10. The summed E-state index contributed by atoms with van der Waals surface area (Å²) in [6.07, 6.45) is 0. The van der Waals surface area contributed by atoms with Crippen molar-refractivity contribution in [3.8, 4) is 0 Å². The summed E-state index contributed by atoms with van der Waals surface area (Å²) in [7, 11) is 4.06. The first-order chi connectivity index (χ1) is 5.18. The molecule has 0 atom stereocenters. The molecule has 1 aromatic carbocycles. The fourth-order valence-electron chi connectivity index (χ4n) is 0.944. The predicted octanol–water partition coefficient (Wildman–Crippen LogP) is 2.20. The molecule has 0 saturated carbocycles. The molecular weight excluding hydrogens is 158 g/mol. The average molecular weight is 169 g/mol. The van der Waals surface area contributed by atoms with Crippen LogP contribution in [0.3, 0.4) is 0 Å². The maximum absolute atomic E-state index is 5.75. The standard InChI is InChI=1S/C9H11ClN/c1-11(2)7-8-4-3-5-9(10)6-8/h3-4,6H,7H2,1-2H3. The molecule has 0 aromatic heterocycles. The third-order valence-corrected chi connectivity index (χ3v) is 1.55. The molecule has 0 bridgehead atoms. The molecular formula is C9H11ClN. The number of nitrogens with zero attached hydrogens (tertiary/aromatic N) is 1. The summed E-state index contributed by atoms with van der Waals surface area (Å²) >= 11 is 5.75. The molecule has 0 unspecified atom stereocenters. The Balaban J connectivity index is 2.71. The van der Waals surface area contributed by atoms with E-state index in [9.17, 15) is 0 Å². The molecule has 1 nitrogen and oxygen atoms in total. The highest BCUT2D eigenvalue weighted by Gasteiger charge is 1.94. The van der Waals surface area contributed by atoms with Gasteiger partial charge in [-0.2, -0.15) is 0 Å². The highest BCUT2D eigenvalue weighted by Crippen LogP contribution is 2.10. The zero-order valence-electron chi connectivity index (χ0n) is 6.76. The molecule has 0 fully saturated rings. The Bertz CT molecular complexity index is 233. The van der Waals surface area contributed by atoms with Gasteiger partial charge >= 0.3 is 0 Å². The van der Waals surface area contributed by atoms with E-state index < -0.39 is 0 Å². The van der Waals surface area contributed by atoms with Crippen LogP contribution in [0, 0.1) is 6.07 Å². The lowest BCUT2D eigenvalue weighted by atomic mass is 10.2. The van der Waals surface area contributed by atoms with Crippen molar-refractivity contribution in [1.82, 2.24) is 4.90 Å². The number of hydrogen-bond donors (Lipinski definition) is 0. The minimum Gasteiger partial charge on any atom is -0.305 e. The highest BCUT2D eigenvalue weighted by atomic mass is 35.5. The van der Waals surface area contributed by atoms with Crippen LogP contribution in [-0.2, 0) is 6.54 Å². The van der Waals surface area contributed by atoms with Crippen molar-refractivity contribution in [2.45, 2.75) is 6.54 Å². The van der Waals surface area contributed by atoms with Crippen LogP contribution in [0.2, 0.25) is 5.02 Å². The molecule has 1 rings (SSSR count). The zero-order chi connectivity index (χ0) is 8.27. The van der Waals surface area contributed by atoms with E-state index in [1.165, 1.54) is 5.56 Å². The Hall–Kier alpha value is -0.530. The normalized spacial score (nSPS) is 10.5. The number of hydrogen-bond acceptors (Lipinski definition) is 1. The molecule has 0 spiro atoms. The van der Waals surface area contributed by atoms with Crippen molar-refractivity contribution in [2.75, 3.05) is 14.1 Å². The van der Waals surface area contributed by atoms with E-state index in [-0.39, 0.29) is 0 Å². The van der Waals surface area contributed by atoms with Crippen molar-refractivity contribution >= 4 is 11.6 Å². The van der Waals surface area contributed by atoms with Crippen LogP contribution in [0.4, 0.5) is 0 Å². The van der Waals surface area contributed by atoms with Gasteiger partial charge in [0.15, 0.2) is 0 Å². The van der Waals surface area contributed by atoms with Crippen LogP contribution in [0.15, 0.2) is 18.2 Å². The monoisotopic (exact) mass is 168 g/mol. The summed E-state index contributed by atoms with van der Waals surface area (Å²) in [4.78, 5) is 2.10. The van der Waals surface area contributed by atoms with E-state index in [1.807, 2.05) is 32.3 Å². The summed E-state index contributed by atoms with van der Waals surface area (Å²) < 4.78 is 0. The van der Waals surface area contributed by atoms with Gasteiger partial charge in [-0.3, -0.25) is 0 Å². The first kappa shape index (κ1) is 8.57. The van der Waals surface area contributed by atoms with E-state index in [0.29, 0.717) is 5.02 Å². The minimum atomic E-state index is 0.685. The van der Waals surface area contributed by atoms with E-state index in [2.05, 4.69) is 11.0 Å². The third-order valence-electron chi connectivity index (χ3n) is 1.33. The topological polar surface area (TPSA) is 3.24 Å². The smallest absolute Gasteiger partial charge is 0.0488 e. The van der Waals surface area contributed by atoms with Crippen molar-refractivity contribution in [3.63, 3.8) is 0 Å². The molecule has 1 radical (unpaired) electrons. The average Bonchev–Trinajstić information content (AvgIpc) is 1.85. The number of halogens is 1. The first-order valence-electron chi connectivity index (χ1n) is 3.49. The van der Waals surface area contributed by atoms with Gasteiger partial charge in [0.1, 0.15) is 0 Å². The maximum Gasteiger partial charge on any atom is 0.0488 e. The van der Waals surface area contributed by atoms with E-state index in [4.69, 9.17) is 11.6 Å². The van der Waals surface area contributed by atoms with Crippen molar-refractivity contribution < 1.29 is 0 Å². The second kappa shape index (κ2) is 3.74. The van der Waals surface area contributed by atoms with Gasteiger partial charge in [0.05, 0.1) is 0 Å². The molecule has 2 heteroatoms. The second-order valence-corrected chi connectivity index (χ2v) is 3.19. The Kier molecular flexibility index (Phi) is 2.92. The fourth-order valence-corrected chi connectivity index (χ4v) is 1.15. The molecule has 0 heterocycles. The summed E-state index contributed by atoms with van der Waals surface area (Å²) in [5.41, 5.74) is 1.22. The van der Waals surface area contributed by atoms with Gasteiger partial charge in [-0.1, -0.05) is 23.7 Å². The molecule has 0 N–H and O–H groups in total. The molecule has 0 aliphatic rings. The van der Waals surface area contributed by atoms with Gasteiger partial charge in [0.25, 0.3) is 0 Å². The second-order valence-electron chi connectivity index (χ2n) is 2.78. The molecule has 0 saturated heterocycles. The summed E-state index contributed by atoms with van der Waals surface area (Å²) in [6.45, 7) is 0.925. The van der Waals surface area contributed by atoms with Crippen molar-refractivity contribution in [3.05, 3.63) is 34.9 Å². The number of rotatable bonds is 2. The van der Waals surface area contributed by atoms with Gasteiger partial charge in [-0.25, -0.2) is 0 Å². The Morgan fingerprint density at radius 3 is 2.82 bits per heavy atom. The lowest BCUT2D eigenvalue weighted by molar-refractivity contribution is 0.402. The van der Waals surface area contributed by atoms with Gasteiger partial charge in [-0.05, 0) is 25.7 Å². The molecule has 1 aromatic rings. The molecule has 0 aliphatic heterocycles. The molecule has 11 heavy (non-hydrogen) atoms. The van der Waals surface area contributed by atoms with Gasteiger partial charge < -0.3 is 4.90 Å². The van der Waals surface area contributed by atoms with E-state index in [0.717, 1.165) is 6.54 Å². The van der Waals surface area contributed by atoms with Gasteiger partial charge in [0, 0.05) is 17.6 Å². The third kappa shape index (κ3) is 2.91. The maximum atomic E-state index is 5.75. The van der Waals surface area contributed by atoms with Crippen LogP contribution < -0.4 is 0 Å². The Labute approximate surface area is 72.6 Å². The molecule has 59 valence electrons. The van der Waals surface area contributed by atoms with Crippen LogP contribution >= 0.6 is 11.6 Å². The predicted molar refractivity (Wildman–Crippen MR) is 47.7 cm³/mol. The zero-order valence-corrected chi connectivity index (χ0v) is 7.52. The Morgan fingerprint density at radius 2 is 2.27 bits per heavy atom. The van der Waals surface area contributed by atoms with E-state index >= 15 is 0 Å². The quantitative estimate of drug-likeness (QED) is 0.655. The number of benzene rings is 1. The van der Waals surface area contributed by atoms with Crippen molar-refractivity contribution in [2.24, 2.45) is 0 Å². The van der Waals surface area contributed by atoms with Crippen LogP contribution in [0.1, 0.15) is 5.56 Å². The SMILES string of the molecule is CN(C)Cc1cc[c]c(Cl)c1.